The molecule has 4 aliphatic carbocycles. The van der Waals surface area contributed by atoms with Crippen LogP contribution in [0.25, 0.3) is 136 Å². The fraction of sp³-hybridized carbons (Fsp3) is 0.0826. The number of ketones is 6. The number of ether oxygens (including phenoxy) is 1. The van der Waals surface area contributed by atoms with Gasteiger partial charge in [-0.15, -0.1) is 0 Å². The van der Waals surface area contributed by atoms with Gasteiger partial charge in [-0.1, -0.05) is 212 Å². The van der Waals surface area contributed by atoms with Gasteiger partial charge in [-0.25, -0.2) is 0 Å². The lowest BCUT2D eigenvalue weighted by atomic mass is 9.80. The second-order valence-electron chi connectivity index (χ2n) is 33.2. The van der Waals surface area contributed by atoms with E-state index in [9.17, 15) is 62.3 Å². The molecule has 19 heteroatoms. The third-order valence-corrected chi connectivity index (χ3v) is 26.3. The molecule has 6 amide bonds. The van der Waals surface area contributed by atoms with E-state index in [-0.39, 0.29) is 83.5 Å². The zero-order chi connectivity index (χ0) is 87.7. The van der Waals surface area contributed by atoms with Gasteiger partial charge in [-0.05, 0) is 166 Å². The number of pyridine rings is 2. The van der Waals surface area contributed by atoms with Crippen molar-refractivity contribution in [2.24, 2.45) is 11.8 Å². The van der Waals surface area contributed by atoms with Gasteiger partial charge in [0.15, 0.2) is 34.7 Å². The third-order valence-electron chi connectivity index (χ3n) is 26.3. The minimum absolute atomic E-state index is 0.0100. The number of aromatic amines is 1. The summed E-state index contributed by atoms with van der Waals surface area (Å²) in [6.07, 6.45) is 12.5. The Bertz CT molecular complexity index is 7990. The molecule has 3 N–H and O–H groups in total. The van der Waals surface area contributed by atoms with E-state index in [1.165, 1.54) is 44.5 Å². The number of rotatable bonds is 2. The molecule has 4 aliphatic heterocycles. The van der Waals surface area contributed by atoms with Crippen LogP contribution < -0.4 is 21.5 Å². The number of hydrogen-bond donors (Lipinski definition) is 3. The molecule has 19 nitrogen and oxygen atoms in total. The number of allylic oxidation sites excluding steroid dienone is 2. The summed E-state index contributed by atoms with van der Waals surface area (Å²) in [5.41, 5.74) is 9.82. The topological polar surface area (TPSA) is 287 Å². The molecule has 17 aromatic carbocycles. The first-order chi connectivity index (χ1) is 62.2. The fourth-order valence-corrected chi connectivity index (χ4v) is 20.5. The highest BCUT2D eigenvalue weighted by Crippen LogP contribution is 2.53. The molecule has 4 unspecified atom stereocenters. The van der Waals surface area contributed by atoms with E-state index in [0.29, 0.717) is 105 Å². The highest BCUT2D eigenvalue weighted by atomic mass is 16.5. The number of fused-ring (bicyclic) bond motifs is 5. The standard InChI is InChI=1S/C25H11NO4.C23H13NO2.C20H19NO.C15H7NO4.C13H9NO.C13H8O2/c27-18-9-19(28)15-6-2-11-13-4-8-17-23-16(24(29)26-25(17)30)7-3-12(21(13)23)10-1-5-14(18)22(15)20(10)11;1-24-22(25)17-10-8-15-13-6-2-4-12-5-3-7-14(19(12)13)16-9-11-18(23(24)26)21(17)20(15)16;1-14-6-8-15(9-7-14)19-17-4-2-3-5-18(17)20(22-19)16-10-12-21-13-11-16;17-10-5-11(18)7-2-4-9-13-8(14(19)16-15(9)20)3-1-6(10)12(7)13;1-8-10-6-2-4-9-5-3-7-11(12(9)10)13(15)14-8;14-11-7-12(15)10-6-2-4-8-3-1-5-9(11)13(8)10/h1-8H,9H2,(H,26,29,30);2-11H,1H3;2-13,17-20H,1H3;1-4H,5H2,(H,16,19,20);2-7H,1H2,(H,14,15);1-6H,7H2. The Morgan fingerprint density at radius 1 is 0.305 bits per heavy atom. The molecule has 4 atom stereocenters. The average Bonchev–Trinajstić information content (AvgIpc) is 0.796. The number of nitrogens with one attached hydrogen (secondary N) is 3. The number of imide groups is 3. The Hall–Kier alpha value is -16.6. The molecular formula is C109H67N5O14. The van der Waals surface area contributed by atoms with Crippen molar-refractivity contribution in [1.29, 1.82) is 0 Å². The number of H-pyrrole nitrogens is 1. The average molecular weight is 1670 g/mol. The van der Waals surface area contributed by atoms with Gasteiger partial charge in [0.1, 0.15) is 0 Å². The van der Waals surface area contributed by atoms with Crippen molar-refractivity contribution in [3.05, 3.63) is 379 Å². The normalized spacial score (nSPS) is 17.3. The summed E-state index contributed by atoms with van der Waals surface area (Å²) in [6.45, 7) is 5.97. The molecule has 1 fully saturated rings. The summed E-state index contributed by atoms with van der Waals surface area (Å²) in [5.74, 6) is -2.48. The first-order valence-electron chi connectivity index (χ1n) is 41.8. The van der Waals surface area contributed by atoms with Gasteiger partial charge >= 0.3 is 0 Å². The Kier molecular flexibility index (Phi) is 17.9. The number of aryl methyl sites for hydroxylation is 1. The van der Waals surface area contributed by atoms with Crippen LogP contribution in [0.1, 0.15) is 172 Å². The SMILES string of the molecule is C=c1[nH]c(=O)c2cccc3cccc1c32.CN1C(=O)c2ccc3c4cccc5cccc(c6ccc(c2c36)C1=O)c54.Cc1ccc(C2OC(c3ccncc3)C3C=CC=CC23)cc1.O=C1CC(=O)c2ccc3c4c(ccc1c24)C(=O)NC3=O.O=C1CC(=O)c2ccc3c4ccc5c6c(ccc(c7ccc1c2c73)c64)C(=O)NC5=O.O=C1CC(=O)c2cccc3cccc1c23. The van der Waals surface area contributed by atoms with E-state index in [0.717, 1.165) is 97.0 Å². The number of benzene rings is 17. The van der Waals surface area contributed by atoms with Crippen LogP contribution in [0, 0.1) is 18.8 Å². The van der Waals surface area contributed by atoms with Gasteiger partial charge in [0.25, 0.3) is 41.0 Å². The highest BCUT2D eigenvalue weighted by Gasteiger charge is 2.44. The van der Waals surface area contributed by atoms with Crippen LogP contribution in [0.2, 0.25) is 0 Å². The lowest BCUT2D eigenvalue weighted by Crippen LogP contribution is -2.36. The number of aromatic nitrogens is 2. The number of amides is 6. The molecule has 2 aromatic heterocycles. The Labute approximate surface area is 725 Å². The van der Waals surface area contributed by atoms with E-state index in [1.807, 2.05) is 122 Å². The van der Waals surface area contributed by atoms with E-state index in [4.69, 9.17) is 4.74 Å². The van der Waals surface area contributed by atoms with E-state index in [2.05, 4.69) is 131 Å². The van der Waals surface area contributed by atoms with E-state index < -0.39 is 23.6 Å². The Morgan fingerprint density at radius 2 is 0.602 bits per heavy atom. The van der Waals surface area contributed by atoms with Crippen molar-refractivity contribution >= 4 is 206 Å². The summed E-state index contributed by atoms with van der Waals surface area (Å²) in [4.78, 5) is 166. The molecule has 612 valence electrons. The second-order valence-corrected chi connectivity index (χ2v) is 33.2. The second kappa shape index (κ2) is 29.5. The van der Waals surface area contributed by atoms with Crippen molar-refractivity contribution in [2.45, 2.75) is 38.4 Å². The molecule has 1 saturated heterocycles. The zero-order valence-corrected chi connectivity index (χ0v) is 68.3. The minimum Gasteiger partial charge on any atom is -0.364 e. The molecule has 19 aromatic rings. The summed E-state index contributed by atoms with van der Waals surface area (Å²) >= 11 is 0. The van der Waals surface area contributed by atoms with Gasteiger partial charge in [0.2, 0.25) is 0 Å². The van der Waals surface area contributed by atoms with Crippen LogP contribution in [0.4, 0.5) is 0 Å². The monoisotopic (exact) mass is 1670 g/mol. The summed E-state index contributed by atoms with van der Waals surface area (Å²) < 4.78 is 6.49. The van der Waals surface area contributed by atoms with E-state index in [1.54, 1.807) is 55.6 Å². The molecule has 27 rings (SSSR count). The van der Waals surface area contributed by atoms with Crippen molar-refractivity contribution in [1.82, 2.24) is 25.5 Å². The molecule has 128 heavy (non-hydrogen) atoms. The fourth-order valence-electron chi connectivity index (χ4n) is 20.5. The van der Waals surface area contributed by atoms with E-state index >= 15 is 0 Å². The Balaban J connectivity index is 0.0000000921. The predicted molar refractivity (Wildman–Crippen MR) is 493 cm³/mol. The van der Waals surface area contributed by atoms with Gasteiger partial charge in [0, 0.05) is 152 Å². The zero-order valence-electron chi connectivity index (χ0n) is 68.3. The lowest BCUT2D eigenvalue weighted by Gasteiger charge is -2.25. The third kappa shape index (κ3) is 11.9. The highest BCUT2D eigenvalue weighted by molar-refractivity contribution is 6.43. The Morgan fingerprint density at radius 3 is 1.02 bits per heavy atom. The largest absolute Gasteiger partial charge is 0.364 e. The number of Topliss-reactive ketones (excluding diaryl/α,β-unsaturated/α-hetero) is 6. The summed E-state index contributed by atoms with van der Waals surface area (Å²) in [7, 11) is 1.54. The quantitative estimate of drug-likeness (QED) is 0.0627. The minimum atomic E-state index is -0.503. The van der Waals surface area contributed by atoms with Crippen LogP contribution >= 0.6 is 0 Å². The summed E-state index contributed by atoms with van der Waals surface area (Å²) in [6, 6.07) is 76.9. The number of hydrogen-bond acceptors (Lipinski definition) is 15. The maximum atomic E-state index is 12.7. The van der Waals surface area contributed by atoms with Crippen LogP contribution in [0.3, 0.4) is 0 Å². The van der Waals surface area contributed by atoms with Crippen LogP contribution in [-0.2, 0) is 4.74 Å². The number of nitrogens with zero attached hydrogens (tertiary/aromatic N) is 2. The lowest BCUT2D eigenvalue weighted by molar-refractivity contribution is 0.0328. The van der Waals surface area contributed by atoms with Crippen molar-refractivity contribution in [2.75, 3.05) is 7.05 Å². The maximum absolute atomic E-state index is 12.7. The number of carbonyl (C=O) groups is 12. The van der Waals surface area contributed by atoms with Gasteiger partial charge in [-0.3, -0.25) is 82.8 Å². The predicted octanol–water partition coefficient (Wildman–Crippen LogP) is 19.8. The molecule has 0 bridgehead atoms. The first-order valence-corrected chi connectivity index (χ1v) is 41.8. The van der Waals surface area contributed by atoms with Crippen molar-refractivity contribution in [3.8, 4) is 0 Å². The van der Waals surface area contributed by atoms with Gasteiger partial charge in [-0.2, -0.15) is 0 Å². The molecule has 8 aliphatic rings. The molecule has 6 heterocycles. The van der Waals surface area contributed by atoms with Crippen LogP contribution in [0.15, 0.2) is 284 Å². The van der Waals surface area contributed by atoms with Crippen molar-refractivity contribution < 1.29 is 62.3 Å². The summed E-state index contributed by atoms with van der Waals surface area (Å²) in [5, 5.41) is 27.3. The molecule has 0 radical (unpaired) electrons. The smallest absolute Gasteiger partial charge is 0.261 e. The van der Waals surface area contributed by atoms with Gasteiger partial charge in [0.05, 0.1) is 31.5 Å². The molecule has 0 saturated carbocycles. The van der Waals surface area contributed by atoms with Crippen molar-refractivity contribution in [3.63, 3.8) is 0 Å². The molecular weight excluding hydrogens is 1600 g/mol. The van der Waals surface area contributed by atoms with Gasteiger partial charge < -0.3 is 9.72 Å². The van der Waals surface area contributed by atoms with Crippen LogP contribution in [-0.4, -0.2) is 92.1 Å². The first kappa shape index (κ1) is 77.4. The number of carbonyl (C=O) groups excluding carboxylic acids is 12. The van der Waals surface area contributed by atoms with Crippen LogP contribution in [0.5, 0.6) is 0 Å². The maximum Gasteiger partial charge on any atom is 0.261 e. The molecule has 0 spiro atoms.